The zero-order chi connectivity index (χ0) is 23.2. The maximum absolute atomic E-state index is 12.3. The molecule has 10 heteroatoms. The number of carbonyl (C=O) groups is 1. The van der Waals surface area contributed by atoms with Gasteiger partial charge in [0.25, 0.3) is 0 Å². The summed E-state index contributed by atoms with van der Waals surface area (Å²) in [7, 11) is 0. The third-order valence-corrected chi connectivity index (χ3v) is 5.01. The molecular weight excluding hydrogens is 424 g/mol. The van der Waals surface area contributed by atoms with E-state index >= 15 is 0 Å². The van der Waals surface area contributed by atoms with E-state index in [1.807, 2.05) is 0 Å². The van der Waals surface area contributed by atoms with Gasteiger partial charge in [0.05, 0.1) is 11.7 Å². The highest BCUT2D eigenvalue weighted by Gasteiger charge is 2.32. The van der Waals surface area contributed by atoms with Crippen LogP contribution in [0.1, 0.15) is 27.6 Å². The number of benzene rings is 3. The van der Waals surface area contributed by atoms with E-state index in [2.05, 4.69) is 0 Å². The molecular formula is C22H18O10. The average Bonchev–Trinajstić information content (AvgIpc) is 2.73. The fourth-order valence-corrected chi connectivity index (χ4v) is 3.43. The van der Waals surface area contributed by atoms with Crippen LogP contribution in [0.15, 0.2) is 42.5 Å². The Morgan fingerprint density at radius 1 is 0.875 bits per heavy atom. The number of aliphatic hydroxyl groups is 1. The molecule has 0 aliphatic carbocycles. The highest BCUT2D eigenvalue weighted by molar-refractivity contribution is 5.92. The molecule has 0 radical (unpaired) electrons. The lowest BCUT2D eigenvalue weighted by atomic mass is 9.94. The van der Waals surface area contributed by atoms with Crippen LogP contribution in [0.2, 0.25) is 0 Å². The fourth-order valence-electron chi connectivity index (χ4n) is 3.43. The topological polar surface area (TPSA) is 177 Å². The normalized spacial score (nSPS) is 17.3. The highest BCUT2D eigenvalue weighted by Crippen LogP contribution is 2.43. The Morgan fingerprint density at radius 3 is 2.22 bits per heavy atom. The highest BCUT2D eigenvalue weighted by atomic mass is 16.5. The number of hydrogen-bond acceptors (Lipinski definition) is 10. The molecule has 0 saturated heterocycles. The van der Waals surface area contributed by atoms with Crippen LogP contribution in [0, 0.1) is 0 Å². The molecule has 10 nitrogen and oxygen atoms in total. The van der Waals surface area contributed by atoms with Crippen molar-refractivity contribution in [3.8, 4) is 46.0 Å². The second kappa shape index (κ2) is 7.75. The number of aromatic hydroxyl groups is 6. The van der Waals surface area contributed by atoms with Gasteiger partial charge in [-0.25, -0.2) is 4.79 Å². The summed E-state index contributed by atoms with van der Waals surface area (Å²) < 4.78 is 10.8. The minimum atomic E-state index is -1.08. The smallest absolute Gasteiger partial charge is 0.343 e. The molecule has 0 bridgehead atoms. The zero-order valence-corrected chi connectivity index (χ0v) is 16.3. The number of fused-ring (bicyclic) bond motifs is 1. The quantitative estimate of drug-likeness (QED) is 0.181. The molecule has 0 aromatic heterocycles. The molecule has 1 heterocycles. The first-order valence-electron chi connectivity index (χ1n) is 9.33. The van der Waals surface area contributed by atoms with Gasteiger partial charge in [-0.15, -0.1) is 0 Å². The van der Waals surface area contributed by atoms with Crippen molar-refractivity contribution in [3.05, 3.63) is 59.2 Å². The van der Waals surface area contributed by atoms with Gasteiger partial charge in [0.2, 0.25) is 0 Å². The number of carbonyl (C=O) groups excluding carboxylic acids is 1. The maximum Gasteiger partial charge on any atom is 0.343 e. The van der Waals surface area contributed by atoms with Crippen LogP contribution in [0.4, 0.5) is 0 Å². The van der Waals surface area contributed by atoms with E-state index in [0.717, 1.165) is 18.2 Å². The fraction of sp³-hybridized carbons (Fsp3) is 0.136. The maximum atomic E-state index is 12.3. The summed E-state index contributed by atoms with van der Waals surface area (Å²) in [5.41, 5.74) is 0.397. The van der Waals surface area contributed by atoms with E-state index in [4.69, 9.17) is 9.47 Å². The molecule has 2 unspecified atom stereocenters. The second-order valence-corrected chi connectivity index (χ2v) is 7.23. The summed E-state index contributed by atoms with van der Waals surface area (Å²) in [6.07, 6.45) is -1.98. The van der Waals surface area contributed by atoms with Gasteiger partial charge in [-0.1, -0.05) is 6.07 Å². The van der Waals surface area contributed by atoms with Crippen LogP contribution in [0.25, 0.3) is 0 Å². The van der Waals surface area contributed by atoms with Crippen LogP contribution in [-0.4, -0.2) is 47.8 Å². The van der Waals surface area contributed by atoms with E-state index in [1.165, 1.54) is 24.3 Å². The number of ether oxygens (including phenoxy) is 2. The minimum absolute atomic E-state index is 0.0391. The van der Waals surface area contributed by atoms with Crippen molar-refractivity contribution in [1.29, 1.82) is 0 Å². The van der Waals surface area contributed by atoms with Gasteiger partial charge < -0.3 is 45.2 Å². The largest absolute Gasteiger partial charge is 0.508 e. The molecule has 3 aromatic rings. The number of aliphatic hydroxyl groups excluding tert-OH is 1. The van der Waals surface area contributed by atoms with Gasteiger partial charge in [0, 0.05) is 24.1 Å². The van der Waals surface area contributed by atoms with Crippen molar-refractivity contribution in [2.45, 2.75) is 18.6 Å². The molecule has 0 amide bonds. The van der Waals surface area contributed by atoms with Gasteiger partial charge in [-0.2, -0.15) is 0 Å². The Morgan fingerprint density at radius 2 is 1.56 bits per heavy atom. The number of hydrogen-bond donors (Lipinski definition) is 7. The molecule has 3 aromatic carbocycles. The van der Waals surface area contributed by atoms with Crippen molar-refractivity contribution < 1.29 is 50.0 Å². The van der Waals surface area contributed by atoms with E-state index < -0.39 is 41.2 Å². The summed E-state index contributed by atoms with van der Waals surface area (Å²) in [5, 5.41) is 68.8. The molecule has 0 spiro atoms. The summed E-state index contributed by atoms with van der Waals surface area (Å²) in [5.74, 6) is -4.21. The summed E-state index contributed by atoms with van der Waals surface area (Å²) >= 11 is 0. The summed E-state index contributed by atoms with van der Waals surface area (Å²) in [6.45, 7) is 0. The average molecular weight is 442 g/mol. The van der Waals surface area contributed by atoms with Gasteiger partial charge >= 0.3 is 5.97 Å². The Labute approximate surface area is 180 Å². The molecule has 1 aliphatic heterocycles. The lowest BCUT2D eigenvalue weighted by Gasteiger charge is -2.31. The van der Waals surface area contributed by atoms with Crippen molar-refractivity contribution in [3.63, 3.8) is 0 Å². The Kier molecular flexibility index (Phi) is 5.07. The van der Waals surface area contributed by atoms with Gasteiger partial charge in [0.1, 0.15) is 23.4 Å². The molecule has 4 rings (SSSR count). The van der Waals surface area contributed by atoms with E-state index in [1.54, 1.807) is 0 Å². The predicted octanol–water partition coefficient (Wildman–Crippen LogP) is 2.18. The Bertz CT molecular complexity index is 1200. The van der Waals surface area contributed by atoms with E-state index in [9.17, 15) is 40.5 Å². The molecule has 1 aliphatic rings. The molecule has 0 fully saturated rings. The first-order valence-corrected chi connectivity index (χ1v) is 9.33. The molecule has 32 heavy (non-hydrogen) atoms. The van der Waals surface area contributed by atoms with Crippen LogP contribution in [0.3, 0.4) is 0 Å². The number of rotatable bonds is 3. The van der Waals surface area contributed by atoms with Crippen molar-refractivity contribution in [2.75, 3.05) is 0 Å². The first kappa shape index (κ1) is 20.9. The first-order chi connectivity index (χ1) is 15.1. The lowest BCUT2D eigenvalue weighted by Crippen LogP contribution is -2.30. The van der Waals surface area contributed by atoms with E-state index in [0.29, 0.717) is 11.1 Å². The minimum Gasteiger partial charge on any atom is -0.508 e. The SMILES string of the molecule is O=C(Oc1ccc(C2Oc3cc(O)cc(O)c3CC2O)cc1O)c1cc(O)c(O)c(O)c1. The van der Waals surface area contributed by atoms with Crippen LogP contribution in [-0.2, 0) is 6.42 Å². The van der Waals surface area contributed by atoms with Gasteiger partial charge in [-0.05, 0) is 29.8 Å². The van der Waals surface area contributed by atoms with E-state index in [-0.39, 0.29) is 35.0 Å². The third kappa shape index (κ3) is 3.74. The number of esters is 1. The lowest BCUT2D eigenvalue weighted by molar-refractivity contribution is 0.0196. The monoisotopic (exact) mass is 442 g/mol. The molecule has 7 N–H and O–H groups in total. The Balaban J connectivity index is 1.56. The number of phenolic OH excluding ortho intramolecular Hbond substituents is 6. The van der Waals surface area contributed by atoms with Crippen molar-refractivity contribution >= 4 is 5.97 Å². The predicted molar refractivity (Wildman–Crippen MR) is 107 cm³/mol. The summed E-state index contributed by atoms with van der Waals surface area (Å²) in [6, 6.07) is 8.12. The molecule has 166 valence electrons. The van der Waals surface area contributed by atoms with Crippen LogP contribution >= 0.6 is 0 Å². The summed E-state index contributed by atoms with van der Waals surface area (Å²) in [4.78, 5) is 12.3. The van der Waals surface area contributed by atoms with Crippen molar-refractivity contribution in [1.82, 2.24) is 0 Å². The van der Waals surface area contributed by atoms with Gasteiger partial charge in [-0.3, -0.25) is 0 Å². The van der Waals surface area contributed by atoms with Crippen LogP contribution < -0.4 is 9.47 Å². The zero-order valence-electron chi connectivity index (χ0n) is 16.3. The third-order valence-electron chi connectivity index (χ3n) is 5.01. The Hall–Kier alpha value is -4.31. The van der Waals surface area contributed by atoms with Crippen molar-refractivity contribution in [2.24, 2.45) is 0 Å². The van der Waals surface area contributed by atoms with Crippen LogP contribution in [0.5, 0.6) is 46.0 Å². The number of phenols is 6. The standard InChI is InChI=1S/C22H18O10/c23-11-6-13(24)12-8-17(28)21(31-19(12)7-11)9-1-2-18(14(25)3-9)32-22(30)10-4-15(26)20(29)16(27)5-10/h1-7,17,21,23-29H,8H2. The molecule has 0 saturated carbocycles. The molecule has 2 atom stereocenters. The second-order valence-electron chi connectivity index (χ2n) is 7.23. The van der Waals surface area contributed by atoms with Gasteiger partial charge in [0.15, 0.2) is 28.7 Å².